The minimum absolute atomic E-state index is 0.0122. The largest absolute Gasteiger partial charge is 0.373 e. The molecule has 4 heteroatoms. The van der Waals surface area contributed by atoms with Crippen molar-refractivity contribution in [3.05, 3.63) is 57.7 Å². The molecule has 1 aliphatic rings. The van der Waals surface area contributed by atoms with E-state index in [4.69, 9.17) is 0 Å². The van der Waals surface area contributed by atoms with Gasteiger partial charge in [-0.05, 0) is 52.4 Å². The van der Waals surface area contributed by atoms with Gasteiger partial charge in [0.2, 0.25) is 5.91 Å². The van der Waals surface area contributed by atoms with Crippen LogP contribution in [0.2, 0.25) is 0 Å². The average molecular weight is 364 g/mol. The second-order valence-corrected chi connectivity index (χ2v) is 5.80. The maximum atomic E-state index is 12.2. The molecule has 2 N–H and O–H groups in total. The van der Waals surface area contributed by atoms with E-state index in [9.17, 15) is 4.79 Å². The molecule has 1 heterocycles. The Morgan fingerprint density at radius 3 is 2.84 bits per heavy atom. The molecule has 0 spiro atoms. The number of carbonyl (C=O) groups excluding carboxylic acids is 1. The number of anilines is 2. The SMILES string of the molecule is O=C(Nc1cccc(I)c1)[C@@H]1Cc2ccccc2N1. The highest BCUT2D eigenvalue weighted by molar-refractivity contribution is 14.1. The molecule has 0 aromatic heterocycles. The Labute approximate surface area is 125 Å². The summed E-state index contributed by atoms with van der Waals surface area (Å²) >= 11 is 2.23. The lowest BCUT2D eigenvalue weighted by Crippen LogP contribution is -2.32. The number of hydrogen-bond donors (Lipinski definition) is 2. The molecule has 3 nitrogen and oxygen atoms in total. The van der Waals surface area contributed by atoms with Gasteiger partial charge < -0.3 is 10.6 Å². The first-order valence-electron chi connectivity index (χ1n) is 6.13. The third-order valence-electron chi connectivity index (χ3n) is 3.18. The first kappa shape index (κ1) is 12.5. The van der Waals surface area contributed by atoms with Crippen molar-refractivity contribution < 1.29 is 4.79 Å². The van der Waals surface area contributed by atoms with Gasteiger partial charge in [0, 0.05) is 21.4 Å². The third-order valence-corrected chi connectivity index (χ3v) is 3.85. The third kappa shape index (κ3) is 2.73. The lowest BCUT2D eigenvalue weighted by Gasteiger charge is -2.12. The van der Waals surface area contributed by atoms with E-state index in [0.29, 0.717) is 0 Å². The summed E-state index contributed by atoms with van der Waals surface area (Å²) in [7, 11) is 0. The van der Waals surface area contributed by atoms with Gasteiger partial charge in [-0.3, -0.25) is 4.79 Å². The van der Waals surface area contributed by atoms with Gasteiger partial charge in [0.25, 0.3) is 0 Å². The number of para-hydroxylation sites is 1. The van der Waals surface area contributed by atoms with Crippen LogP contribution < -0.4 is 10.6 Å². The highest BCUT2D eigenvalue weighted by Crippen LogP contribution is 2.25. The normalized spacial score (nSPS) is 16.6. The van der Waals surface area contributed by atoms with E-state index in [-0.39, 0.29) is 11.9 Å². The summed E-state index contributed by atoms with van der Waals surface area (Å²) < 4.78 is 1.11. The van der Waals surface area contributed by atoms with E-state index in [1.807, 2.05) is 42.5 Å². The molecule has 0 aliphatic carbocycles. The van der Waals surface area contributed by atoms with Gasteiger partial charge in [0.1, 0.15) is 6.04 Å². The van der Waals surface area contributed by atoms with E-state index in [1.54, 1.807) is 0 Å². The summed E-state index contributed by atoms with van der Waals surface area (Å²) in [5.74, 6) is 0.0122. The Kier molecular flexibility index (Phi) is 3.42. The Morgan fingerprint density at radius 2 is 2.05 bits per heavy atom. The molecule has 2 aromatic rings. The molecule has 1 atom stereocenters. The van der Waals surface area contributed by atoms with Crippen LogP contribution in [0, 0.1) is 3.57 Å². The Hall–Kier alpha value is -1.56. The van der Waals surface area contributed by atoms with Crippen LogP contribution in [0.1, 0.15) is 5.56 Å². The molecule has 0 bridgehead atoms. The Morgan fingerprint density at radius 1 is 1.21 bits per heavy atom. The number of fused-ring (bicyclic) bond motifs is 1. The van der Waals surface area contributed by atoms with Crippen molar-refractivity contribution in [1.29, 1.82) is 0 Å². The molecular formula is C15H13IN2O. The number of nitrogens with one attached hydrogen (secondary N) is 2. The maximum absolute atomic E-state index is 12.2. The Balaban J connectivity index is 1.70. The van der Waals surface area contributed by atoms with Gasteiger partial charge in [-0.1, -0.05) is 24.3 Å². The summed E-state index contributed by atoms with van der Waals surface area (Å²) in [6.45, 7) is 0. The molecule has 19 heavy (non-hydrogen) atoms. The standard InChI is InChI=1S/C15H13IN2O/c16-11-5-3-6-12(9-11)17-15(19)14-8-10-4-1-2-7-13(10)18-14/h1-7,9,14,18H,8H2,(H,17,19)/t14-/m0/s1. The highest BCUT2D eigenvalue weighted by Gasteiger charge is 2.26. The molecule has 0 saturated heterocycles. The number of amides is 1. The van der Waals surface area contributed by atoms with Gasteiger partial charge in [0.15, 0.2) is 0 Å². The lowest BCUT2D eigenvalue weighted by molar-refractivity contribution is -0.116. The van der Waals surface area contributed by atoms with Crippen LogP contribution in [0.5, 0.6) is 0 Å². The molecule has 2 aromatic carbocycles. The highest BCUT2D eigenvalue weighted by atomic mass is 127. The van der Waals surface area contributed by atoms with Gasteiger partial charge in [-0.15, -0.1) is 0 Å². The summed E-state index contributed by atoms with van der Waals surface area (Å²) in [6, 6.07) is 15.7. The molecule has 0 saturated carbocycles. The number of carbonyl (C=O) groups is 1. The van der Waals surface area contributed by atoms with Crippen LogP contribution in [0.4, 0.5) is 11.4 Å². The fraction of sp³-hybridized carbons (Fsp3) is 0.133. The van der Waals surface area contributed by atoms with Gasteiger partial charge in [-0.25, -0.2) is 0 Å². The number of hydrogen-bond acceptors (Lipinski definition) is 2. The van der Waals surface area contributed by atoms with Crippen LogP contribution in [0.25, 0.3) is 0 Å². The zero-order valence-corrected chi connectivity index (χ0v) is 12.3. The summed E-state index contributed by atoms with van der Waals surface area (Å²) in [4.78, 5) is 12.2. The molecule has 1 amide bonds. The first-order valence-corrected chi connectivity index (χ1v) is 7.21. The molecule has 0 fully saturated rings. The van der Waals surface area contributed by atoms with Crippen molar-refractivity contribution in [3.8, 4) is 0 Å². The number of halogens is 1. The minimum Gasteiger partial charge on any atom is -0.373 e. The molecule has 0 unspecified atom stereocenters. The molecular weight excluding hydrogens is 351 g/mol. The second-order valence-electron chi connectivity index (χ2n) is 4.56. The van der Waals surface area contributed by atoms with Crippen molar-refractivity contribution in [3.63, 3.8) is 0 Å². The van der Waals surface area contributed by atoms with E-state index >= 15 is 0 Å². The van der Waals surface area contributed by atoms with Crippen molar-refractivity contribution >= 4 is 39.9 Å². The molecule has 1 aliphatic heterocycles. The van der Waals surface area contributed by atoms with Crippen molar-refractivity contribution in [2.45, 2.75) is 12.5 Å². The maximum Gasteiger partial charge on any atom is 0.247 e. The van der Waals surface area contributed by atoms with Crippen molar-refractivity contribution in [1.82, 2.24) is 0 Å². The smallest absolute Gasteiger partial charge is 0.247 e. The van der Waals surface area contributed by atoms with Crippen LogP contribution in [-0.4, -0.2) is 11.9 Å². The fourth-order valence-corrected chi connectivity index (χ4v) is 2.79. The zero-order chi connectivity index (χ0) is 13.2. The summed E-state index contributed by atoms with van der Waals surface area (Å²) in [5.41, 5.74) is 3.10. The average Bonchev–Trinajstić information content (AvgIpc) is 2.82. The number of rotatable bonds is 2. The monoisotopic (exact) mass is 364 g/mol. The van der Waals surface area contributed by atoms with Gasteiger partial charge in [-0.2, -0.15) is 0 Å². The topological polar surface area (TPSA) is 41.1 Å². The van der Waals surface area contributed by atoms with Crippen molar-refractivity contribution in [2.75, 3.05) is 10.6 Å². The Bertz CT molecular complexity index is 602. The van der Waals surface area contributed by atoms with E-state index in [2.05, 4.69) is 39.3 Å². The van der Waals surface area contributed by atoms with E-state index in [1.165, 1.54) is 5.56 Å². The van der Waals surface area contributed by atoms with Crippen LogP contribution >= 0.6 is 22.6 Å². The molecule has 0 radical (unpaired) electrons. The zero-order valence-electron chi connectivity index (χ0n) is 10.2. The minimum atomic E-state index is -0.185. The van der Waals surface area contributed by atoms with Crippen LogP contribution in [-0.2, 0) is 11.2 Å². The molecule has 3 rings (SSSR count). The number of benzene rings is 2. The van der Waals surface area contributed by atoms with Crippen LogP contribution in [0.3, 0.4) is 0 Å². The van der Waals surface area contributed by atoms with Crippen molar-refractivity contribution in [2.24, 2.45) is 0 Å². The predicted octanol–water partition coefficient (Wildman–Crippen LogP) is 3.27. The quantitative estimate of drug-likeness (QED) is 0.804. The van der Waals surface area contributed by atoms with E-state index < -0.39 is 0 Å². The summed E-state index contributed by atoms with van der Waals surface area (Å²) in [6.07, 6.45) is 0.742. The van der Waals surface area contributed by atoms with E-state index in [0.717, 1.165) is 21.4 Å². The lowest BCUT2D eigenvalue weighted by atomic mass is 10.1. The first-order chi connectivity index (χ1) is 9.22. The van der Waals surface area contributed by atoms with Gasteiger partial charge in [0.05, 0.1) is 0 Å². The summed E-state index contributed by atoms with van der Waals surface area (Å²) in [5, 5.41) is 6.21. The van der Waals surface area contributed by atoms with Gasteiger partial charge >= 0.3 is 0 Å². The van der Waals surface area contributed by atoms with Crippen LogP contribution in [0.15, 0.2) is 48.5 Å². The molecule has 96 valence electrons. The second kappa shape index (κ2) is 5.21. The fourth-order valence-electron chi connectivity index (χ4n) is 2.25. The predicted molar refractivity (Wildman–Crippen MR) is 85.3 cm³/mol.